The number of morpholine rings is 1. The molecule has 17 heteroatoms. The Morgan fingerprint density at radius 3 is 1.85 bits per heavy atom. The second-order valence-electron chi connectivity index (χ2n) is 20.8. The first-order valence-corrected chi connectivity index (χ1v) is 25.1. The third kappa shape index (κ3) is 10.6. The molecule has 2 unspecified atom stereocenters. The summed E-state index contributed by atoms with van der Waals surface area (Å²) in [5.74, 6) is 0.767. The van der Waals surface area contributed by atoms with Crippen LogP contribution >= 0.6 is 0 Å². The largest absolute Gasteiger partial charge is 0.507 e. The minimum Gasteiger partial charge on any atom is -0.507 e. The summed E-state index contributed by atoms with van der Waals surface area (Å²) in [6.45, 7) is 10.2. The summed E-state index contributed by atoms with van der Waals surface area (Å²) in [4.78, 5) is 55.9. The van der Waals surface area contributed by atoms with Crippen LogP contribution in [-0.2, 0) is 24.6 Å². The Balaban J connectivity index is 0.909. The number of carbonyl (C=O) groups excluding carboxylic acids is 3. The molecule has 0 saturated carbocycles. The predicted octanol–water partition coefficient (Wildman–Crippen LogP) is 9.35. The van der Waals surface area contributed by atoms with E-state index in [2.05, 4.69) is 49.0 Å². The molecule has 0 aliphatic carbocycles. The number of fused-ring (bicyclic) bond motifs is 2. The molecule has 388 valence electrons. The zero-order valence-corrected chi connectivity index (χ0v) is 42.2. The molecule has 2 bridgehead atoms. The number of phenolic OH excluding ortho intramolecular Hbond substituents is 3. The van der Waals surface area contributed by atoms with Gasteiger partial charge in [-0.3, -0.25) is 14.4 Å². The molecule has 3 aromatic heterocycles. The highest BCUT2D eigenvalue weighted by Crippen LogP contribution is 2.42. The van der Waals surface area contributed by atoms with Gasteiger partial charge in [-0.1, -0.05) is 24.3 Å². The van der Waals surface area contributed by atoms with Gasteiger partial charge in [0.2, 0.25) is 0 Å². The lowest BCUT2D eigenvalue weighted by molar-refractivity contribution is 0.0301. The molecule has 6 aromatic rings. The number of ether oxygens (including phenoxy) is 4. The van der Waals surface area contributed by atoms with Gasteiger partial charge in [0.05, 0.1) is 52.5 Å². The predicted molar refractivity (Wildman–Crippen MR) is 280 cm³/mol. The Labute approximate surface area is 433 Å². The number of benzene rings is 3. The molecule has 3 fully saturated rings. The molecule has 3 atom stereocenters. The van der Waals surface area contributed by atoms with Crippen molar-refractivity contribution in [2.24, 2.45) is 0 Å². The Bertz CT molecular complexity index is 3210. The van der Waals surface area contributed by atoms with Crippen molar-refractivity contribution < 1.29 is 53.0 Å². The molecular formula is C58H59FN6O10. The Morgan fingerprint density at radius 1 is 0.667 bits per heavy atom. The molecular weight excluding hydrogens is 960 g/mol. The zero-order valence-electron chi connectivity index (χ0n) is 42.2. The number of aromatic nitrogens is 3. The number of hydrogen-bond acceptors (Lipinski definition) is 16. The maximum Gasteiger partial charge on any atom is 0.157 e. The van der Waals surface area contributed by atoms with Crippen LogP contribution in [0, 0.1) is 0 Å². The van der Waals surface area contributed by atoms with Crippen LogP contribution in [0.3, 0.4) is 0 Å². The molecule has 3 aromatic carbocycles. The van der Waals surface area contributed by atoms with E-state index in [0.29, 0.717) is 65.9 Å². The number of nitrogens with zero attached hydrogens (tertiary/aromatic N) is 5. The van der Waals surface area contributed by atoms with Crippen LogP contribution in [0.25, 0.3) is 28.1 Å². The first kappa shape index (κ1) is 50.6. The van der Waals surface area contributed by atoms with E-state index in [1.807, 2.05) is 18.2 Å². The molecule has 75 heavy (non-hydrogen) atoms. The lowest BCUT2D eigenvalue weighted by Gasteiger charge is -2.41. The molecule has 4 aliphatic heterocycles. The number of hydrogen-bond donors (Lipinski definition) is 4. The molecule has 7 heterocycles. The smallest absolute Gasteiger partial charge is 0.157 e. The van der Waals surface area contributed by atoms with Gasteiger partial charge in [-0.05, 0) is 120 Å². The SMILES string of the molecule is CC1(C)C=C(c2nc(-c3ccc(OCc4ccc(-c5ccc(OCc6cccnc6N6CC7CCC(C6)O7)c(C=O)c5O)nc4N4CC[C@H](F)C4)c(C=O)c3O)ccc2COc2cccc(O)c2C=O)CC(C)(C)N1. The van der Waals surface area contributed by atoms with Gasteiger partial charge in [-0.15, -0.1) is 0 Å². The Kier molecular flexibility index (Phi) is 14.0. The summed E-state index contributed by atoms with van der Waals surface area (Å²) in [6, 6.07) is 21.7. The van der Waals surface area contributed by atoms with Crippen molar-refractivity contribution in [3.63, 3.8) is 0 Å². The number of aromatic hydroxyl groups is 3. The van der Waals surface area contributed by atoms with Crippen molar-refractivity contribution in [1.82, 2.24) is 20.3 Å². The number of aldehydes is 3. The van der Waals surface area contributed by atoms with E-state index < -0.39 is 11.7 Å². The van der Waals surface area contributed by atoms with Gasteiger partial charge >= 0.3 is 0 Å². The summed E-state index contributed by atoms with van der Waals surface area (Å²) >= 11 is 0. The second-order valence-corrected chi connectivity index (χ2v) is 20.8. The van der Waals surface area contributed by atoms with E-state index in [4.69, 9.17) is 28.9 Å². The minimum atomic E-state index is -1.10. The fourth-order valence-corrected chi connectivity index (χ4v) is 11.0. The molecule has 3 saturated heterocycles. The normalized spacial score (nSPS) is 19.6. The summed E-state index contributed by atoms with van der Waals surface area (Å²) in [5, 5.41) is 37.3. The van der Waals surface area contributed by atoms with Crippen molar-refractivity contribution in [3.8, 4) is 57.0 Å². The van der Waals surface area contributed by atoms with E-state index in [0.717, 1.165) is 42.9 Å². The monoisotopic (exact) mass is 1020 g/mol. The Morgan fingerprint density at radius 2 is 1.25 bits per heavy atom. The zero-order chi connectivity index (χ0) is 52.6. The molecule has 4 aliphatic rings. The topological polar surface area (TPSA) is 206 Å². The number of halogens is 1. The third-order valence-electron chi connectivity index (χ3n) is 14.2. The van der Waals surface area contributed by atoms with Crippen LogP contribution in [-0.4, -0.2) is 105 Å². The summed E-state index contributed by atoms with van der Waals surface area (Å²) in [5.41, 5.74) is 3.92. The molecule has 4 N–H and O–H groups in total. The van der Waals surface area contributed by atoms with Gasteiger partial charge in [0.1, 0.15) is 72.1 Å². The fraction of sp³-hybridized carbons (Fsp3) is 0.345. The maximum absolute atomic E-state index is 14.8. The highest BCUT2D eigenvalue weighted by atomic mass is 19.1. The van der Waals surface area contributed by atoms with Gasteiger partial charge in [0.15, 0.2) is 18.9 Å². The highest BCUT2D eigenvalue weighted by Gasteiger charge is 2.36. The molecule has 0 amide bonds. The van der Waals surface area contributed by atoms with Gasteiger partial charge < -0.3 is 49.4 Å². The summed E-state index contributed by atoms with van der Waals surface area (Å²) in [7, 11) is 0. The van der Waals surface area contributed by atoms with Crippen LogP contribution in [0.4, 0.5) is 16.0 Å². The van der Waals surface area contributed by atoms with Gasteiger partial charge in [0, 0.05) is 64.7 Å². The average molecular weight is 1020 g/mol. The fourth-order valence-electron chi connectivity index (χ4n) is 11.0. The van der Waals surface area contributed by atoms with Crippen molar-refractivity contribution in [2.75, 3.05) is 36.0 Å². The maximum atomic E-state index is 14.8. The summed E-state index contributed by atoms with van der Waals surface area (Å²) < 4.78 is 39.4. The molecule has 16 nitrogen and oxygen atoms in total. The van der Waals surface area contributed by atoms with Crippen molar-refractivity contribution in [3.05, 3.63) is 130 Å². The van der Waals surface area contributed by atoms with Crippen LogP contribution in [0.15, 0.2) is 91.1 Å². The number of anilines is 2. The Hall–Kier alpha value is -7.89. The van der Waals surface area contributed by atoms with Crippen LogP contribution in [0.5, 0.6) is 34.5 Å². The second kappa shape index (κ2) is 20.8. The van der Waals surface area contributed by atoms with E-state index in [9.17, 15) is 34.1 Å². The number of rotatable bonds is 17. The lowest BCUT2D eigenvalue weighted by Crippen LogP contribution is -2.53. The number of phenols is 3. The quantitative estimate of drug-likeness (QED) is 0.0628. The highest BCUT2D eigenvalue weighted by molar-refractivity contribution is 5.90. The van der Waals surface area contributed by atoms with E-state index in [-0.39, 0.29) is 113 Å². The molecule has 10 rings (SSSR count). The molecule has 0 radical (unpaired) electrons. The van der Waals surface area contributed by atoms with Gasteiger partial charge in [0.25, 0.3) is 0 Å². The number of alkyl halides is 1. The van der Waals surface area contributed by atoms with Crippen LogP contribution in [0.1, 0.15) is 107 Å². The van der Waals surface area contributed by atoms with Gasteiger partial charge in [-0.25, -0.2) is 19.3 Å². The first-order valence-electron chi connectivity index (χ1n) is 25.1. The first-order chi connectivity index (χ1) is 36.1. The van der Waals surface area contributed by atoms with Crippen LogP contribution < -0.4 is 29.3 Å². The van der Waals surface area contributed by atoms with Crippen LogP contribution in [0.2, 0.25) is 0 Å². The lowest BCUT2D eigenvalue weighted by atomic mass is 9.81. The van der Waals surface area contributed by atoms with Crippen molar-refractivity contribution in [1.29, 1.82) is 0 Å². The van der Waals surface area contributed by atoms with Crippen molar-refractivity contribution in [2.45, 2.75) is 103 Å². The number of pyridine rings is 3. The van der Waals surface area contributed by atoms with Crippen molar-refractivity contribution >= 4 is 36.1 Å². The standard InChI is InChI=1S/C58H59FN6O10/c1-57(2)23-37(24-58(3,4)63-57)52-34(31-72-49-9-5-8-48(69)43(49)28-66)10-16-46(61-52)41-14-18-51(44(29-67)53(41)70)74-33-36-11-17-47(62-56(36)64-22-20-38(59)25-64)42-15-19-50(45(30-68)54(42)71)73-32-35-7-6-21-60-55(35)65-26-39-12-13-40(27-65)75-39/h5-11,14-19,21,23,28-30,38-40,63,69-71H,12-13,20,22,24-27,31-33H2,1-4H3/t38-,39?,40?/m0/s1. The van der Waals surface area contributed by atoms with E-state index in [1.165, 1.54) is 6.07 Å². The van der Waals surface area contributed by atoms with E-state index in [1.54, 1.807) is 65.7 Å². The molecule has 0 spiro atoms. The van der Waals surface area contributed by atoms with Gasteiger partial charge in [-0.2, -0.15) is 0 Å². The minimum absolute atomic E-state index is 0.00519. The third-order valence-corrected chi connectivity index (χ3v) is 14.2. The average Bonchev–Trinajstić information content (AvgIpc) is 3.99. The summed E-state index contributed by atoms with van der Waals surface area (Å²) in [6.07, 6.45) is 7.56. The van der Waals surface area contributed by atoms with E-state index >= 15 is 0 Å². The number of carbonyl (C=O) groups is 3. The number of nitrogens with one attached hydrogen (secondary N) is 1.